The number of nitrogens with one attached hydrogen (secondary N) is 3. The Balaban J connectivity index is 2.29. The second-order valence-electron chi connectivity index (χ2n) is 5.12. The van der Waals surface area contributed by atoms with Crippen molar-refractivity contribution < 1.29 is 13.9 Å². The summed E-state index contributed by atoms with van der Waals surface area (Å²) in [5.41, 5.74) is 4.73. The minimum atomic E-state index is -0.424. The van der Waals surface area contributed by atoms with Gasteiger partial charge in [0.15, 0.2) is 11.7 Å². The number of hydrogen-bond acceptors (Lipinski definition) is 3. The van der Waals surface area contributed by atoms with Crippen molar-refractivity contribution in [1.82, 2.24) is 16.2 Å². The fourth-order valence-electron chi connectivity index (χ4n) is 1.24. The van der Waals surface area contributed by atoms with Gasteiger partial charge in [0.2, 0.25) is 0 Å². The molecule has 1 aromatic carbocycles. The van der Waals surface area contributed by atoms with Crippen LogP contribution in [0.4, 0.5) is 4.39 Å². The highest BCUT2D eigenvalue weighted by Gasteiger charge is 2.11. The summed E-state index contributed by atoms with van der Waals surface area (Å²) in [4.78, 5) is 11.5. The van der Waals surface area contributed by atoms with Gasteiger partial charge in [-0.1, -0.05) is 6.07 Å². The van der Waals surface area contributed by atoms with E-state index in [0.29, 0.717) is 5.11 Å². The van der Waals surface area contributed by atoms with Gasteiger partial charge in [-0.15, -0.1) is 0 Å². The van der Waals surface area contributed by atoms with E-state index in [1.54, 1.807) is 6.07 Å². The van der Waals surface area contributed by atoms with E-state index in [4.69, 9.17) is 17.0 Å². The van der Waals surface area contributed by atoms with Crippen LogP contribution in [0.2, 0.25) is 0 Å². The van der Waals surface area contributed by atoms with Crippen LogP contribution < -0.4 is 20.9 Å². The first kappa shape index (κ1) is 16.2. The third-order valence-corrected chi connectivity index (χ3v) is 2.17. The summed E-state index contributed by atoms with van der Waals surface area (Å²) in [7, 11) is 0. The molecule has 0 unspecified atom stereocenters. The quantitative estimate of drug-likeness (QED) is 0.583. The number of ether oxygens (including phenoxy) is 1. The molecule has 1 amide bonds. The lowest BCUT2D eigenvalue weighted by Gasteiger charge is -2.23. The Hall–Kier alpha value is -1.89. The maximum Gasteiger partial charge on any atom is 0.276 e. The largest absolute Gasteiger partial charge is 0.484 e. The van der Waals surface area contributed by atoms with Crippen LogP contribution in [0, 0.1) is 5.82 Å². The van der Waals surface area contributed by atoms with Crippen LogP contribution in [0.25, 0.3) is 0 Å². The van der Waals surface area contributed by atoms with E-state index in [-0.39, 0.29) is 17.9 Å². The summed E-state index contributed by atoms with van der Waals surface area (Å²) < 4.78 is 18.0. The van der Waals surface area contributed by atoms with Gasteiger partial charge in [-0.2, -0.15) is 0 Å². The SMILES string of the molecule is CC(C)(C)NC(=S)NNC(=O)COc1cccc(F)c1. The maximum absolute atomic E-state index is 12.9. The van der Waals surface area contributed by atoms with E-state index < -0.39 is 11.7 Å². The molecule has 0 fully saturated rings. The van der Waals surface area contributed by atoms with Crippen LogP contribution in [0.3, 0.4) is 0 Å². The van der Waals surface area contributed by atoms with Crippen molar-refractivity contribution in [3.05, 3.63) is 30.1 Å². The Morgan fingerprint density at radius 3 is 2.65 bits per heavy atom. The van der Waals surface area contributed by atoms with Gasteiger partial charge in [0.1, 0.15) is 11.6 Å². The molecule has 0 spiro atoms. The Labute approximate surface area is 122 Å². The van der Waals surface area contributed by atoms with E-state index in [9.17, 15) is 9.18 Å². The van der Waals surface area contributed by atoms with E-state index in [1.807, 2.05) is 20.8 Å². The molecule has 0 atom stereocenters. The third kappa shape index (κ3) is 6.89. The molecule has 0 bridgehead atoms. The normalized spacial score (nSPS) is 10.6. The van der Waals surface area contributed by atoms with E-state index >= 15 is 0 Å². The van der Waals surface area contributed by atoms with Crippen molar-refractivity contribution in [1.29, 1.82) is 0 Å². The standard InChI is InChI=1S/C13H18FN3O2S/c1-13(2,3)15-12(20)17-16-11(18)8-19-10-6-4-5-9(14)7-10/h4-7H,8H2,1-3H3,(H,16,18)(H2,15,17,20). The molecular weight excluding hydrogens is 281 g/mol. The minimum absolute atomic E-state index is 0.202. The van der Waals surface area contributed by atoms with E-state index in [2.05, 4.69) is 16.2 Å². The van der Waals surface area contributed by atoms with E-state index in [1.165, 1.54) is 18.2 Å². The van der Waals surface area contributed by atoms with Gasteiger partial charge in [-0.05, 0) is 45.1 Å². The van der Waals surface area contributed by atoms with Crippen LogP contribution in [-0.4, -0.2) is 23.2 Å². The highest BCUT2D eigenvalue weighted by atomic mass is 32.1. The summed E-state index contributed by atoms with van der Waals surface area (Å²) in [5, 5.41) is 3.27. The summed E-state index contributed by atoms with van der Waals surface area (Å²) in [6.07, 6.45) is 0. The average molecular weight is 299 g/mol. The Bertz CT molecular complexity index is 489. The van der Waals surface area contributed by atoms with Gasteiger partial charge in [0.05, 0.1) is 0 Å². The number of rotatable bonds is 3. The Kier molecular flexibility index (Phi) is 5.69. The number of thiocarbonyl (C=S) groups is 1. The number of hydrogen-bond donors (Lipinski definition) is 3. The molecule has 0 aliphatic carbocycles. The molecule has 0 aromatic heterocycles. The smallest absolute Gasteiger partial charge is 0.276 e. The molecule has 0 aliphatic heterocycles. The van der Waals surface area contributed by atoms with Crippen molar-refractivity contribution in [2.24, 2.45) is 0 Å². The molecule has 5 nitrogen and oxygen atoms in total. The third-order valence-electron chi connectivity index (χ3n) is 1.97. The van der Waals surface area contributed by atoms with Crippen LogP contribution in [0.1, 0.15) is 20.8 Å². The molecule has 110 valence electrons. The monoisotopic (exact) mass is 299 g/mol. The molecule has 7 heteroatoms. The summed E-state index contributed by atoms with van der Waals surface area (Å²) >= 11 is 4.99. The zero-order chi connectivity index (χ0) is 15.2. The zero-order valence-corrected chi connectivity index (χ0v) is 12.4. The van der Waals surface area contributed by atoms with Crippen LogP contribution in [0.15, 0.2) is 24.3 Å². The first-order valence-corrected chi connectivity index (χ1v) is 6.42. The molecule has 1 rings (SSSR count). The summed E-state index contributed by atoms with van der Waals surface area (Å²) in [5.74, 6) is -0.556. The highest BCUT2D eigenvalue weighted by Crippen LogP contribution is 2.11. The van der Waals surface area contributed by atoms with Crippen molar-refractivity contribution >= 4 is 23.2 Å². The Morgan fingerprint density at radius 2 is 2.05 bits per heavy atom. The van der Waals surface area contributed by atoms with Crippen LogP contribution in [-0.2, 0) is 4.79 Å². The van der Waals surface area contributed by atoms with E-state index in [0.717, 1.165) is 0 Å². The number of carbonyl (C=O) groups is 1. The number of carbonyl (C=O) groups excluding carboxylic acids is 1. The topological polar surface area (TPSA) is 62.4 Å². The number of hydrazine groups is 1. The molecule has 1 aromatic rings. The first-order chi connectivity index (χ1) is 9.26. The van der Waals surface area contributed by atoms with Crippen molar-refractivity contribution in [2.75, 3.05) is 6.61 Å². The van der Waals surface area contributed by atoms with Gasteiger partial charge in [-0.25, -0.2) is 4.39 Å². The second-order valence-corrected chi connectivity index (χ2v) is 5.53. The summed E-state index contributed by atoms with van der Waals surface area (Å²) in [6.45, 7) is 5.58. The molecule has 0 saturated heterocycles. The fraction of sp³-hybridized carbons (Fsp3) is 0.385. The number of halogens is 1. The van der Waals surface area contributed by atoms with Gasteiger partial charge < -0.3 is 10.1 Å². The lowest BCUT2D eigenvalue weighted by Crippen LogP contribution is -2.52. The van der Waals surface area contributed by atoms with Crippen molar-refractivity contribution in [2.45, 2.75) is 26.3 Å². The van der Waals surface area contributed by atoms with Crippen molar-refractivity contribution in [3.8, 4) is 5.75 Å². The average Bonchev–Trinajstić information content (AvgIpc) is 2.32. The van der Waals surface area contributed by atoms with Gasteiger partial charge in [0, 0.05) is 11.6 Å². The fourth-order valence-corrected chi connectivity index (χ4v) is 1.60. The zero-order valence-electron chi connectivity index (χ0n) is 11.6. The van der Waals surface area contributed by atoms with Gasteiger partial charge in [0.25, 0.3) is 5.91 Å². The molecule has 0 heterocycles. The maximum atomic E-state index is 12.9. The molecule has 0 saturated carbocycles. The number of benzene rings is 1. The summed E-state index contributed by atoms with van der Waals surface area (Å²) in [6, 6.07) is 5.57. The van der Waals surface area contributed by atoms with Crippen molar-refractivity contribution in [3.63, 3.8) is 0 Å². The predicted octanol–water partition coefficient (Wildman–Crippen LogP) is 1.50. The Morgan fingerprint density at radius 1 is 1.35 bits per heavy atom. The lowest BCUT2D eigenvalue weighted by molar-refractivity contribution is -0.123. The van der Waals surface area contributed by atoms with Crippen LogP contribution in [0.5, 0.6) is 5.75 Å². The van der Waals surface area contributed by atoms with Gasteiger partial charge in [-0.3, -0.25) is 15.6 Å². The molecular formula is C13H18FN3O2S. The number of amides is 1. The molecule has 0 radical (unpaired) electrons. The van der Waals surface area contributed by atoms with Crippen LogP contribution >= 0.6 is 12.2 Å². The van der Waals surface area contributed by atoms with Gasteiger partial charge >= 0.3 is 0 Å². The lowest BCUT2D eigenvalue weighted by atomic mass is 10.1. The highest BCUT2D eigenvalue weighted by molar-refractivity contribution is 7.80. The second kappa shape index (κ2) is 7.04. The molecule has 20 heavy (non-hydrogen) atoms. The molecule has 0 aliphatic rings. The predicted molar refractivity (Wildman–Crippen MR) is 78.7 cm³/mol. The molecule has 3 N–H and O–H groups in total. The first-order valence-electron chi connectivity index (χ1n) is 6.01. The minimum Gasteiger partial charge on any atom is -0.484 e.